The first-order valence-electron chi connectivity index (χ1n) is 6.61. The minimum absolute atomic E-state index is 0.0959. The van der Waals surface area contributed by atoms with Gasteiger partial charge in [-0.3, -0.25) is 0 Å². The first kappa shape index (κ1) is 13.4. The number of rotatable bonds is 4. The molecule has 3 rings (SSSR count). The van der Waals surface area contributed by atoms with E-state index in [1.807, 2.05) is 24.3 Å². The first-order valence-corrected chi connectivity index (χ1v) is 7.60. The third-order valence-electron chi connectivity index (χ3n) is 3.35. The van der Waals surface area contributed by atoms with Crippen LogP contribution in [0.3, 0.4) is 0 Å². The molecule has 1 aliphatic heterocycles. The summed E-state index contributed by atoms with van der Waals surface area (Å²) >= 11 is 1.58. The van der Waals surface area contributed by atoms with Crippen molar-refractivity contribution in [1.82, 2.24) is 4.98 Å². The number of hydrogen-bond acceptors (Lipinski definition) is 4. The molecule has 0 spiro atoms. The molecule has 1 saturated heterocycles. The first-order chi connectivity index (χ1) is 9.74. The summed E-state index contributed by atoms with van der Waals surface area (Å²) in [6, 6.07) is 9.36. The molecule has 0 saturated carbocycles. The van der Waals surface area contributed by atoms with Gasteiger partial charge in [0.15, 0.2) is 0 Å². The second kappa shape index (κ2) is 5.81. The van der Waals surface area contributed by atoms with E-state index in [0.717, 1.165) is 41.0 Å². The van der Waals surface area contributed by atoms with Gasteiger partial charge < -0.3 is 9.84 Å². The van der Waals surface area contributed by atoms with Gasteiger partial charge in [-0.1, -0.05) is 24.3 Å². The zero-order chi connectivity index (χ0) is 13.9. The molecule has 2 heterocycles. The molecule has 20 heavy (non-hydrogen) atoms. The summed E-state index contributed by atoms with van der Waals surface area (Å²) in [6.07, 6.45) is 2.44. The third kappa shape index (κ3) is 2.78. The fourth-order valence-corrected chi connectivity index (χ4v) is 3.45. The predicted octanol–water partition coefficient (Wildman–Crippen LogP) is 3.20. The largest absolute Gasteiger partial charge is 0.477 e. The van der Waals surface area contributed by atoms with E-state index in [1.165, 1.54) is 0 Å². The highest BCUT2D eigenvalue weighted by atomic mass is 32.2. The maximum Gasteiger partial charge on any atom is 0.354 e. The fourth-order valence-electron chi connectivity index (χ4n) is 2.33. The van der Waals surface area contributed by atoms with E-state index in [4.69, 9.17) is 9.84 Å². The Hall–Kier alpha value is -1.59. The lowest BCUT2D eigenvalue weighted by molar-refractivity contribution is 0.0690. The minimum atomic E-state index is -0.991. The van der Waals surface area contributed by atoms with E-state index in [2.05, 4.69) is 4.98 Å². The zero-order valence-corrected chi connectivity index (χ0v) is 11.7. The van der Waals surface area contributed by atoms with Gasteiger partial charge in [0.1, 0.15) is 10.7 Å². The average molecular weight is 289 g/mol. The lowest BCUT2D eigenvalue weighted by Crippen LogP contribution is -2.08. The topological polar surface area (TPSA) is 59.4 Å². The Morgan fingerprint density at radius 3 is 3.05 bits per heavy atom. The number of nitrogens with zero attached hydrogens (tertiary/aromatic N) is 1. The van der Waals surface area contributed by atoms with Crippen LogP contribution in [-0.2, 0) is 4.74 Å². The number of fused-ring (bicyclic) bond motifs is 1. The van der Waals surface area contributed by atoms with Gasteiger partial charge in [-0.25, -0.2) is 9.78 Å². The summed E-state index contributed by atoms with van der Waals surface area (Å²) in [4.78, 5) is 15.4. The number of carboxylic acid groups (broad SMARTS) is 1. The van der Waals surface area contributed by atoms with Crippen molar-refractivity contribution >= 4 is 28.5 Å². The molecule has 0 radical (unpaired) electrons. The molecule has 1 unspecified atom stereocenters. The second-order valence-corrected chi connectivity index (χ2v) is 5.79. The van der Waals surface area contributed by atoms with Crippen molar-refractivity contribution in [3.05, 3.63) is 36.0 Å². The predicted molar refractivity (Wildman–Crippen MR) is 78.4 cm³/mol. The molecule has 104 valence electrons. The van der Waals surface area contributed by atoms with Crippen LogP contribution in [0.25, 0.3) is 10.8 Å². The monoisotopic (exact) mass is 289 g/mol. The lowest BCUT2D eigenvalue weighted by atomic mass is 10.1. The molecule has 4 nitrogen and oxygen atoms in total. The lowest BCUT2D eigenvalue weighted by Gasteiger charge is -2.10. The molecule has 1 fully saturated rings. The molecule has 1 aliphatic rings. The van der Waals surface area contributed by atoms with Crippen molar-refractivity contribution in [2.24, 2.45) is 0 Å². The van der Waals surface area contributed by atoms with Crippen molar-refractivity contribution in [2.75, 3.05) is 12.4 Å². The number of aromatic nitrogens is 1. The molecular formula is C15H15NO3S. The minimum Gasteiger partial charge on any atom is -0.477 e. The van der Waals surface area contributed by atoms with Crippen LogP contribution in [-0.4, -0.2) is 34.5 Å². The Kier molecular flexibility index (Phi) is 3.89. The van der Waals surface area contributed by atoms with Crippen LogP contribution in [0.15, 0.2) is 35.4 Å². The molecule has 2 aromatic rings. The van der Waals surface area contributed by atoms with Gasteiger partial charge in [0.2, 0.25) is 0 Å². The summed E-state index contributed by atoms with van der Waals surface area (Å²) < 4.78 is 5.60. The Morgan fingerprint density at radius 2 is 2.30 bits per heavy atom. The van der Waals surface area contributed by atoms with Crippen LogP contribution in [0.5, 0.6) is 0 Å². The van der Waals surface area contributed by atoms with Crippen LogP contribution in [0, 0.1) is 0 Å². The summed E-state index contributed by atoms with van der Waals surface area (Å²) in [5.74, 6) is -0.171. The Balaban J connectivity index is 1.92. The van der Waals surface area contributed by atoms with Gasteiger partial charge in [0.05, 0.1) is 6.10 Å². The van der Waals surface area contributed by atoms with Gasteiger partial charge in [0, 0.05) is 17.7 Å². The Bertz CT molecular complexity index is 638. The SMILES string of the molecule is O=C(O)c1cc2ccccc2c(SCC2CCCO2)n1. The van der Waals surface area contributed by atoms with Gasteiger partial charge in [0.25, 0.3) is 0 Å². The maximum absolute atomic E-state index is 11.2. The molecule has 1 aromatic carbocycles. The van der Waals surface area contributed by atoms with Crippen LogP contribution in [0.4, 0.5) is 0 Å². The van der Waals surface area contributed by atoms with E-state index in [9.17, 15) is 4.79 Å². The van der Waals surface area contributed by atoms with E-state index in [0.29, 0.717) is 0 Å². The number of thioether (sulfide) groups is 1. The Labute approximate surface area is 121 Å². The van der Waals surface area contributed by atoms with E-state index >= 15 is 0 Å². The molecule has 0 aliphatic carbocycles. The van der Waals surface area contributed by atoms with E-state index in [1.54, 1.807) is 17.8 Å². The number of aromatic carboxylic acids is 1. The standard InChI is InChI=1S/C15H15NO3S/c17-15(18)13-8-10-4-1-2-6-12(10)14(16-13)20-9-11-5-3-7-19-11/h1-2,4,6,8,11H,3,5,7,9H2,(H,17,18). The van der Waals surface area contributed by atoms with Crippen LogP contribution >= 0.6 is 11.8 Å². The van der Waals surface area contributed by atoms with Crippen molar-refractivity contribution < 1.29 is 14.6 Å². The number of benzene rings is 1. The highest BCUT2D eigenvalue weighted by Crippen LogP contribution is 2.29. The van der Waals surface area contributed by atoms with Crippen LogP contribution in [0.2, 0.25) is 0 Å². The van der Waals surface area contributed by atoms with E-state index < -0.39 is 5.97 Å². The highest BCUT2D eigenvalue weighted by Gasteiger charge is 2.17. The van der Waals surface area contributed by atoms with Gasteiger partial charge in [-0.2, -0.15) is 0 Å². The smallest absolute Gasteiger partial charge is 0.354 e. The number of carboxylic acids is 1. The van der Waals surface area contributed by atoms with Gasteiger partial charge in [-0.05, 0) is 24.3 Å². The summed E-state index contributed by atoms with van der Waals surface area (Å²) in [5, 5.41) is 11.8. The normalized spacial score (nSPS) is 18.5. The average Bonchev–Trinajstić information content (AvgIpc) is 2.97. The van der Waals surface area contributed by atoms with Crippen LogP contribution < -0.4 is 0 Å². The molecule has 5 heteroatoms. The zero-order valence-electron chi connectivity index (χ0n) is 10.9. The number of ether oxygens (including phenoxy) is 1. The van der Waals surface area contributed by atoms with Crippen molar-refractivity contribution in [3.8, 4) is 0 Å². The van der Waals surface area contributed by atoms with Crippen molar-refractivity contribution in [3.63, 3.8) is 0 Å². The summed E-state index contributed by atoms with van der Waals surface area (Å²) in [7, 11) is 0. The molecule has 1 N–H and O–H groups in total. The summed E-state index contributed by atoms with van der Waals surface area (Å²) in [6.45, 7) is 0.828. The molecular weight excluding hydrogens is 274 g/mol. The molecule has 1 atom stereocenters. The van der Waals surface area contributed by atoms with Crippen molar-refractivity contribution in [2.45, 2.75) is 24.0 Å². The van der Waals surface area contributed by atoms with Gasteiger partial charge in [-0.15, -0.1) is 11.8 Å². The third-order valence-corrected chi connectivity index (χ3v) is 4.48. The van der Waals surface area contributed by atoms with E-state index in [-0.39, 0.29) is 11.8 Å². The quantitative estimate of drug-likeness (QED) is 0.876. The highest BCUT2D eigenvalue weighted by molar-refractivity contribution is 7.99. The second-order valence-electron chi connectivity index (χ2n) is 4.78. The molecule has 0 amide bonds. The molecule has 0 bridgehead atoms. The van der Waals surface area contributed by atoms with Crippen LogP contribution in [0.1, 0.15) is 23.3 Å². The maximum atomic E-state index is 11.2. The Morgan fingerprint density at radius 1 is 1.45 bits per heavy atom. The van der Waals surface area contributed by atoms with Crippen molar-refractivity contribution in [1.29, 1.82) is 0 Å². The molecule has 1 aromatic heterocycles. The summed E-state index contributed by atoms with van der Waals surface area (Å²) in [5.41, 5.74) is 0.0959. The number of pyridine rings is 1. The van der Waals surface area contributed by atoms with Gasteiger partial charge >= 0.3 is 5.97 Å². The number of hydrogen-bond donors (Lipinski definition) is 1. The number of carbonyl (C=O) groups is 1. The fraction of sp³-hybridized carbons (Fsp3) is 0.333.